The predicted molar refractivity (Wildman–Crippen MR) is 122 cm³/mol. The molecule has 1 aromatic carbocycles. The molecule has 5 nitrogen and oxygen atoms in total. The molecule has 0 spiro atoms. The molecule has 1 amide bonds. The van der Waals surface area contributed by atoms with Crippen LogP contribution >= 0.6 is 34.9 Å². The summed E-state index contributed by atoms with van der Waals surface area (Å²) in [5.41, 5.74) is 1.94. The Hall–Kier alpha value is -1.61. The van der Waals surface area contributed by atoms with E-state index in [1.54, 1.807) is 11.3 Å². The van der Waals surface area contributed by atoms with Crippen molar-refractivity contribution in [1.29, 1.82) is 0 Å². The van der Waals surface area contributed by atoms with E-state index in [1.165, 1.54) is 34.0 Å². The number of hydrogen-bond acceptors (Lipinski definition) is 7. The number of nitrogens with one attached hydrogen (secondary N) is 1. The van der Waals surface area contributed by atoms with Gasteiger partial charge in [0.15, 0.2) is 5.16 Å². The molecule has 8 heteroatoms. The Morgan fingerprint density at radius 3 is 2.83 bits per heavy atom. The van der Waals surface area contributed by atoms with Gasteiger partial charge in [-0.1, -0.05) is 48.6 Å². The number of para-hydroxylation sites is 1. The normalized spacial score (nSPS) is 18.6. The molecule has 0 saturated heterocycles. The van der Waals surface area contributed by atoms with Crippen LogP contribution in [-0.2, 0) is 22.6 Å². The first-order valence-corrected chi connectivity index (χ1v) is 12.5. The van der Waals surface area contributed by atoms with Crippen LogP contribution in [0.5, 0.6) is 0 Å². The van der Waals surface area contributed by atoms with Crippen molar-refractivity contribution in [2.24, 2.45) is 0 Å². The molecule has 1 aliphatic rings. The largest absolute Gasteiger partial charge is 0.369 e. The molecule has 4 rings (SSSR count). The quantitative estimate of drug-likeness (QED) is 0.312. The highest BCUT2D eigenvalue weighted by Crippen LogP contribution is 2.43. The molecule has 2 aromatic heterocycles. The summed E-state index contributed by atoms with van der Waals surface area (Å²) in [6, 6.07) is 9.52. The molecular formula is C21H23N3O2S3. The molecule has 3 aromatic rings. The number of nitrogens with zero attached hydrogens (tertiary/aromatic N) is 2. The van der Waals surface area contributed by atoms with E-state index >= 15 is 0 Å². The van der Waals surface area contributed by atoms with Crippen LogP contribution in [-0.4, -0.2) is 33.5 Å². The number of thioether (sulfide) groups is 2. The van der Waals surface area contributed by atoms with Crippen molar-refractivity contribution < 1.29 is 9.53 Å². The molecule has 152 valence electrons. The van der Waals surface area contributed by atoms with Crippen LogP contribution in [0.1, 0.15) is 30.7 Å². The van der Waals surface area contributed by atoms with Crippen molar-refractivity contribution in [3.8, 4) is 0 Å². The van der Waals surface area contributed by atoms with Crippen molar-refractivity contribution in [2.45, 2.75) is 49.1 Å². The van der Waals surface area contributed by atoms with Crippen molar-refractivity contribution in [1.82, 2.24) is 9.97 Å². The average Bonchev–Trinajstić information content (AvgIpc) is 3.10. The molecule has 1 atom stereocenters. The van der Waals surface area contributed by atoms with Crippen molar-refractivity contribution in [3.05, 3.63) is 40.8 Å². The summed E-state index contributed by atoms with van der Waals surface area (Å²) in [5.74, 6) is 0.269. The van der Waals surface area contributed by atoms with Crippen LogP contribution in [0.25, 0.3) is 10.2 Å². The van der Waals surface area contributed by atoms with E-state index in [1.807, 2.05) is 36.6 Å². The molecule has 0 radical (unpaired) electrons. The fourth-order valence-corrected chi connectivity index (χ4v) is 5.80. The van der Waals surface area contributed by atoms with E-state index in [9.17, 15) is 4.79 Å². The van der Waals surface area contributed by atoms with Crippen molar-refractivity contribution in [2.75, 3.05) is 17.3 Å². The second-order valence-electron chi connectivity index (χ2n) is 7.17. The summed E-state index contributed by atoms with van der Waals surface area (Å²) < 4.78 is 6.12. The van der Waals surface area contributed by atoms with Crippen LogP contribution in [0.2, 0.25) is 0 Å². The zero-order chi connectivity index (χ0) is 20.4. The van der Waals surface area contributed by atoms with Crippen molar-refractivity contribution in [3.63, 3.8) is 0 Å². The second-order valence-corrected chi connectivity index (χ2v) is 9.99. The molecule has 0 aliphatic carbocycles. The Morgan fingerprint density at radius 1 is 1.31 bits per heavy atom. The smallest absolute Gasteiger partial charge is 0.234 e. The monoisotopic (exact) mass is 445 g/mol. The van der Waals surface area contributed by atoms with Gasteiger partial charge in [0.2, 0.25) is 5.91 Å². The summed E-state index contributed by atoms with van der Waals surface area (Å²) in [6.07, 6.45) is 3.78. The highest BCUT2D eigenvalue weighted by Gasteiger charge is 2.33. The van der Waals surface area contributed by atoms with E-state index in [0.717, 1.165) is 38.9 Å². The topological polar surface area (TPSA) is 64.1 Å². The van der Waals surface area contributed by atoms with Crippen LogP contribution < -0.4 is 5.32 Å². The number of thiophene rings is 1. The third kappa shape index (κ3) is 4.45. The van der Waals surface area contributed by atoms with Gasteiger partial charge in [-0.05, 0) is 37.3 Å². The summed E-state index contributed by atoms with van der Waals surface area (Å²) >= 11 is 4.69. The van der Waals surface area contributed by atoms with Crippen LogP contribution in [0.4, 0.5) is 5.69 Å². The van der Waals surface area contributed by atoms with Gasteiger partial charge in [0.1, 0.15) is 9.86 Å². The Bertz CT molecular complexity index is 1040. The first-order chi connectivity index (χ1) is 14.0. The number of fused-ring (bicyclic) bond motifs is 3. The van der Waals surface area contributed by atoms with E-state index < -0.39 is 0 Å². The molecular weight excluding hydrogens is 422 g/mol. The Balaban J connectivity index is 1.62. The molecule has 0 unspecified atom stereocenters. The maximum absolute atomic E-state index is 12.5. The number of benzene rings is 1. The van der Waals surface area contributed by atoms with Gasteiger partial charge in [0, 0.05) is 22.4 Å². The first-order valence-electron chi connectivity index (χ1n) is 9.49. The number of amides is 1. The fraction of sp³-hybridized carbons (Fsp3) is 0.381. The van der Waals surface area contributed by atoms with Gasteiger partial charge < -0.3 is 10.1 Å². The Labute approximate surface area is 183 Å². The highest BCUT2D eigenvalue weighted by molar-refractivity contribution is 8.00. The zero-order valence-corrected chi connectivity index (χ0v) is 19.1. The molecule has 0 saturated carbocycles. The van der Waals surface area contributed by atoms with Gasteiger partial charge >= 0.3 is 0 Å². The standard InChI is InChI=1S/C21H23N3O2S3/c1-4-21(2)10-14-15(11-26-21)29-19-17(14)18(23-20(24-19)27-3)28-12-16(25)22-13-8-6-5-7-9-13/h5-9H,4,10-12H2,1-3H3,(H,22,25)/t21-/m0/s1. The number of anilines is 1. The average molecular weight is 446 g/mol. The van der Waals surface area contributed by atoms with Crippen LogP contribution in [0, 0.1) is 0 Å². The molecule has 1 N–H and O–H groups in total. The van der Waals surface area contributed by atoms with Gasteiger partial charge in [-0.2, -0.15) is 0 Å². The maximum Gasteiger partial charge on any atom is 0.234 e. The van der Waals surface area contributed by atoms with Crippen LogP contribution in [0.3, 0.4) is 0 Å². The van der Waals surface area contributed by atoms with E-state index in [0.29, 0.717) is 12.4 Å². The van der Waals surface area contributed by atoms with Crippen molar-refractivity contribution >= 4 is 56.7 Å². The number of carbonyl (C=O) groups is 1. The summed E-state index contributed by atoms with van der Waals surface area (Å²) in [5, 5.41) is 5.67. The van der Waals surface area contributed by atoms with Crippen LogP contribution in [0.15, 0.2) is 40.5 Å². The minimum absolute atomic E-state index is 0.0375. The first kappa shape index (κ1) is 20.7. The summed E-state index contributed by atoms with van der Waals surface area (Å²) in [7, 11) is 0. The van der Waals surface area contributed by atoms with Gasteiger partial charge in [0.05, 0.1) is 18.0 Å². The molecule has 0 fully saturated rings. The summed E-state index contributed by atoms with van der Waals surface area (Å²) in [4.78, 5) is 24.2. The second kappa shape index (κ2) is 8.63. The minimum atomic E-state index is -0.161. The maximum atomic E-state index is 12.5. The Kier molecular flexibility index (Phi) is 6.15. The van der Waals surface area contributed by atoms with E-state index in [4.69, 9.17) is 14.7 Å². The lowest BCUT2D eigenvalue weighted by atomic mass is 9.90. The number of hydrogen-bond donors (Lipinski definition) is 1. The van der Waals surface area contributed by atoms with Gasteiger partial charge in [-0.3, -0.25) is 4.79 Å². The van der Waals surface area contributed by atoms with Gasteiger partial charge in [-0.15, -0.1) is 11.3 Å². The predicted octanol–water partition coefficient (Wildman–Crippen LogP) is 5.39. The zero-order valence-electron chi connectivity index (χ0n) is 16.7. The van der Waals surface area contributed by atoms with Gasteiger partial charge in [0.25, 0.3) is 0 Å². The van der Waals surface area contributed by atoms with Gasteiger partial charge in [-0.25, -0.2) is 9.97 Å². The Morgan fingerprint density at radius 2 is 2.10 bits per heavy atom. The lowest BCUT2D eigenvalue weighted by Crippen LogP contribution is -2.33. The molecule has 29 heavy (non-hydrogen) atoms. The van der Waals surface area contributed by atoms with E-state index in [-0.39, 0.29) is 11.5 Å². The number of carbonyl (C=O) groups excluding carboxylic acids is 1. The minimum Gasteiger partial charge on any atom is -0.369 e. The highest BCUT2D eigenvalue weighted by atomic mass is 32.2. The molecule has 1 aliphatic heterocycles. The summed E-state index contributed by atoms with van der Waals surface area (Å²) in [6.45, 7) is 4.94. The molecule has 0 bridgehead atoms. The third-order valence-electron chi connectivity index (χ3n) is 5.11. The number of aromatic nitrogens is 2. The SMILES string of the molecule is CC[C@@]1(C)Cc2c(sc3nc(SC)nc(SCC(=O)Nc4ccccc4)c23)CO1. The number of rotatable bonds is 6. The van der Waals surface area contributed by atoms with E-state index in [2.05, 4.69) is 19.2 Å². The lowest BCUT2D eigenvalue weighted by molar-refractivity contribution is -0.113. The third-order valence-corrected chi connectivity index (χ3v) is 7.73. The fourth-order valence-electron chi connectivity index (χ4n) is 3.30. The lowest BCUT2D eigenvalue weighted by Gasteiger charge is -2.33. The molecule has 3 heterocycles. The number of ether oxygens (including phenoxy) is 1.